The maximum atomic E-state index is 4.28. The zero-order chi connectivity index (χ0) is 27.1. The zero-order valence-electron chi connectivity index (χ0n) is 24.6. The maximum Gasteiger partial charge on any atom is 0.0543 e. The Bertz CT molecular complexity index is 750. The number of benzene rings is 1. The molecule has 0 bridgehead atoms. The fourth-order valence-electron chi connectivity index (χ4n) is 2.98. The van der Waals surface area contributed by atoms with Gasteiger partial charge in [-0.05, 0) is 80.6 Å². The number of aromatic nitrogens is 1. The first-order valence-corrected chi connectivity index (χ1v) is 14.6. The van der Waals surface area contributed by atoms with Crippen LogP contribution in [0.15, 0.2) is 48.8 Å². The molecule has 0 fully saturated rings. The number of nitrogens with one attached hydrogen (secondary N) is 1. The Morgan fingerprint density at radius 1 is 0.971 bits per heavy atom. The summed E-state index contributed by atoms with van der Waals surface area (Å²) in [5, 5.41) is 3.27. The highest BCUT2D eigenvalue weighted by molar-refractivity contribution is 7.99. The van der Waals surface area contributed by atoms with E-state index in [4.69, 9.17) is 0 Å². The zero-order valence-corrected chi connectivity index (χ0v) is 25.4. The summed E-state index contributed by atoms with van der Waals surface area (Å²) in [7, 11) is 4.09. The molecule has 200 valence electrons. The number of hydrogen-bond acceptors (Lipinski definition) is 4. The Hall–Kier alpha value is -1.78. The number of rotatable bonds is 6. The third-order valence-electron chi connectivity index (χ3n) is 4.57. The Labute approximate surface area is 223 Å². The first kappa shape index (κ1) is 35.4. The van der Waals surface area contributed by atoms with Crippen molar-refractivity contribution >= 4 is 11.8 Å². The summed E-state index contributed by atoms with van der Waals surface area (Å²) in [5.74, 6) is 2.68. The summed E-state index contributed by atoms with van der Waals surface area (Å²) in [6.07, 6.45) is 6.79. The SMILES string of the molecule is C=C1Cc2c(C)cccc2CN1.CC.CCC.CCCSCCC.Cc1ccc(CN(C)C)nc1. The molecule has 0 aliphatic carbocycles. The standard InChI is InChI=1S/C11H13N.C9H14N2.C6H14S.C3H8.C2H6/c1-8-4-3-5-10-7-12-9(2)6-11(8)10;1-8-4-5-9(10-6-8)7-11(2)3;1-3-5-7-6-4-2;1-3-2;1-2/h3-5,12H,2,6-7H2,1H3;4-6H,7H2,1-3H3;3-6H2,1-2H3;3H2,1-2H3;1-2H3. The van der Waals surface area contributed by atoms with Gasteiger partial charge in [-0.3, -0.25) is 4.98 Å². The van der Waals surface area contributed by atoms with Gasteiger partial charge in [0.25, 0.3) is 0 Å². The number of pyridine rings is 1. The van der Waals surface area contributed by atoms with Crippen molar-refractivity contribution in [1.82, 2.24) is 15.2 Å². The molecular formula is C31H55N3S. The summed E-state index contributed by atoms with van der Waals surface area (Å²) in [5.41, 5.74) is 7.74. The molecule has 0 amide bonds. The highest BCUT2D eigenvalue weighted by Gasteiger charge is 2.11. The lowest BCUT2D eigenvalue weighted by Crippen LogP contribution is -2.21. The van der Waals surface area contributed by atoms with Crippen molar-refractivity contribution in [2.75, 3.05) is 25.6 Å². The Balaban J connectivity index is 0. The molecule has 0 atom stereocenters. The molecular weight excluding hydrogens is 446 g/mol. The van der Waals surface area contributed by atoms with E-state index in [0.29, 0.717) is 0 Å². The molecule has 0 saturated heterocycles. The van der Waals surface area contributed by atoms with Crippen LogP contribution in [0.1, 0.15) is 88.8 Å². The van der Waals surface area contributed by atoms with E-state index in [9.17, 15) is 0 Å². The van der Waals surface area contributed by atoms with Gasteiger partial charge in [0.2, 0.25) is 0 Å². The second-order valence-electron chi connectivity index (χ2n) is 8.73. The minimum atomic E-state index is 0.917. The van der Waals surface area contributed by atoms with Crippen molar-refractivity contribution in [2.24, 2.45) is 0 Å². The monoisotopic (exact) mass is 501 g/mol. The third-order valence-corrected chi connectivity index (χ3v) is 5.97. The lowest BCUT2D eigenvalue weighted by atomic mass is 9.95. The van der Waals surface area contributed by atoms with Crippen molar-refractivity contribution in [3.05, 3.63) is 76.8 Å². The molecule has 0 radical (unpaired) electrons. The molecule has 0 unspecified atom stereocenters. The van der Waals surface area contributed by atoms with E-state index < -0.39 is 0 Å². The molecule has 1 aromatic heterocycles. The summed E-state index contributed by atoms with van der Waals surface area (Å²) in [6.45, 7) is 22.7. The Morgan fingerprint density at radius 2 is 1.57 bits per heavy atom. The van der Waals surface area contributed by atoms with Gasteiger partial charge in [-0.15, -0.1) is 0 Å². The smallest absolute Gasteiger partial charge is 0.0543 e. The van der Waals surface area contributed by atoms with Gasteiger partial charge in [-0.2, -0.15) is 11.8 Å². The molecule has 4 heteroatoms. The minimum absolute atomic E-state index is 0.917. The van der Waals surface area contributed by atoms with Crippen LogP contribution in [0.3, 0.4) is 0 Å². The van der Waals surface area contributed by atoms with Crippen LogP contribution in [0.4, 0.5) is 0 Å². The van der Waals surface area contributed by atoms with E-state index in [1.165, 1.54) is 53.0 Å². The third kappa shape index (κ3) is 19.1. The van der Waals surface area contributed by atoms with Gasteiger partial charge < -0.3 is 10.2 Å². The second kappa shape index (κ2) is 23.9. The van der Waals surface area contributed by atoms with Crippen molar-refractivity contribution in [1.29, 1.82) is 0 Å². The lowest BCUT2D eigenvalue weighted by molar-refractivity contribution is 0.397. The topological polar surface area (TPSA) is 28.2 Å². The van der Waals surface area contributed by atoms with Gasteiger partial charge in [-0.25, -0.2) is 0 Å². The van der Waals surface area contributed by atoms with Crippen molar-refractivity contribution in [3.8, 4) is 0 Å². The second-order valence-corrected chi connectivity index (χ2v) is 9.96. The van der Waals surface area contributed by atoms with E-state index in [2.05, 4.69) is 98.5 Å². The van der Waals surface area contributed by atoms with Gasteiger partial charge >= 0.3 is 0 Å². The van der Waals surface area contributed by atoms with Gasteiger partial charge in [0, 0.05) is 31.4 Å². The molecule has 35 heavy (non-hydrogen) atoms. The normalized spacial score (nSPS) is 11.1. The number of thioether (sulfide) groups is 1. The Kier molecular flexibility index (Phi) is 24.2. The van der Waals surface area contributed by atoms with Crippen LogP contribution in [0.5, 0.6) is 0 Å². The fraction of sp³-hybridized carbons (Fsp3) is 0.581. The number of aryl methyl sites for hydroxylation is 2. The first-order valence-electron chi connectivity index (χ1n) is 13.4. The number of hydrogen-bond donors (Lipinski definition) is 1. The molecule has 3 nitrogen and oxygen atoms in total. The lowest BCUT2D eigenvalue weighted by Gasteiger charge is -2.21. The Morgan fingerprint density at radius 3 is 2.06 bits per heavy atom. The highest BCUT2D eigenvalue weighted by Crippen LogP contribution is 2.20. The molecule has 1 aliphatic heterocycles. The average molecular weight is 502 g/mol. The molecule has 0 saturated carbocycles. The summed E-state index contributed by atoms with van der Waals surface area (Å²) >= 11 is 2.05. The van der Waals surface area contributed by atoms with E-state index in [0.717, 1.165) is 30.9 Å². The van der Waals surface area contributed by atoms with Crippen molar-refractivity contribution in [3.63, 3.8) is 0 Å². The molecule has 0 spiro atoms. The molecule has 1 aromatic carbocycles. The van der Waals surface area contributed by atoms with Crippen LogP contribution < -0.4 is 5.32 Å². The van der Waals surface area contributed by atoms with Crippen molar-refractivity contribution in [2.45, 2.75) is 94.2 Å². The molecule has 2 heterocycles. The fourth-order valence-corrected chi connectivity index (χ4v) is 3.77. The minimum Gasteiger partial charge on any atom is -0.384 e. The quantitative estimate of drug-likeness (QED) is 0.401. The summed E-state index contributed by atoms with van der Waals surface area (Å²) in [4.78, 5) is 6.39. The predicted molar refractivity (Wildman–Crippen MR) is 162 cm³/mol. The average Bonchev–Trinajstić information content (AvgIpc) is 2.84. The van der Waals surface area contributed by atoms with Crippen LogP contribution in [0, 0.1) is 13.8 Å². The van der Waals surface area contributed by atoms with E-state index in [-0.39, 0.29) is 0 Å². The van der Waals surface area contributed by atoms with E-state index in [1.807, 2.05) is 41.1 Å². The summed E-state index contributed by atoms with van der Waals surface area (Å²) < 4.78 is 0. The van der Waals surface area contributed by atoms with Crippen LogP contribution in [-0.2, 0) is 19.5 Å². The summed E-state index contributed by atoms with van der Waals surface area (Å²) in [6, 6.07) is 10.6. The van der Waals surface area contributed by atoms with E-state index in [1.54, 1.807) is 0 Å². The molecule has 2 aromatic rings. The van der Waals surface area contributed by atoms with Gasteiger partial charge in [0.05, 0.1) is 5.69 Å². The molecule has 3 rings (SSSR count). The molecule has 1 N–H and O–H groups in total. The van der Waals surface area contributed by atoms with Gasteiger partial charge in [-0.1, -0.05) is 78.8 Å². The van der Waals surface area contributed by atoms with Crippen LogP contribution in [0.25, 0.3) is 0 Å². The highest BCUT2D eigenvalue weighted by atomic mass is 32.2. The van der Waals surface area contributed by atoms with Crippen molar-refractivity contribution < 1.29 is 0 Å². The number of allylic oxidation sites excluding steroid dienone is 1. The van der Waals surface area contributed by atoms with Gasteiger partial charge in [0.1, 0.15) is 0 Å². The number of nitrogens with zero attached hydrogens (tertiary/aromatic N) is 2. The number of fused-ring (bicyclic) bond motifs is 1. The van der Waals surface area contributed by atoms with Crippen LogP contribution in [0.2, 0.25) is 0 Å². The van der Waals surface area contributed by atoms with Crippen LogP contribution in [-0.4, -0.2) is 35.5 Å². The van der Waals surface area contributed by atoms with Crippen LogP contribution >= 0.6 is 11.8 Å². The van der Waals surface area contributed by atoms with E-state index >= 15 is 0 Å². The first-order chi connectivity index (χ1) is 16.8. The maximum absolute atomic E-state index is 4.28. The predicted octanol–water partition coefficient (Wildman–Crippen LogP) is 8.59. The van der Waals surface area contributed by atoms with Gasteiger partial charge in [0.15, 0.2) is 0 Å². The molecule has 1 aliphatic rings. The largest absolute Gasteiger partial charge is 0.384 e.